The summed E-state index contributed by atoms with van der Waals surface area (Å²) in [5, 5.41) is 13.9. The number of nitro benzene ring substituents is 1. The lowest BCUT2D eigenvalue weighted by molar-refractivity contribution is -0.385. The quantitative estimate of drug-likeness (QED) is 0.669. The van der Waals surface area contributed by atoms with Crippen LogP contribution in [0.15, 0.2) is 48.5 Å². The third-order valence-electron chi connectivity index (χ3n) is 4.28. The summed E-state index contributed by atoms with van der Waals surface area (Å²) in [5.41, 5.74) is 1.36. The molecule has 1 N–H and O–H groups in total. The standard InChI is InChI=1S/C18H20FN3O2/c19-17-11-16(22(23)24)8-9-18(17)20-15-7-4-10-21(13-15)12-14-5-2-1-3-6-14/h1-3,5-6,8-9,11,15,20H,4,7,10,12-13H2/t15-/m0/s1. The van der Waals surface area contributed by atoms with Gasteiger partial charge in [0, 0.05) is 25.2 Å². The average Bonchev–Trinajstić information content (AvgIpc) is 2.58. The van der Waals surface area contributed by atoms with Crippen molar-refractivity contribution in [3.05, 3.63) is 70.0 Å². The summed E-state index contributed by atoms with van der Waals surface area (Å²) in [5.74, 6) is -0.579. The van der Waals surface area contributed by atoms with Crippen LogP contribution in [0.4, 0.5) is 15.8 Å². The fraction of sp³-hybridized carbons (Fsp3) is 0.333. The predicted octanol–water partition coefficient (Wildman–Crippen LogP) is 3.81. The van der Waals surface area contributed by atoms with Crippen LogP contribution in [0.2, 0.25) is 0 Å². The highest BCUT2D eigenvalue weighted by Gasteiger charge is 2.21. The Balaban J connectivity index is 1.62. The molecule has 0 amide bonds. The second-order valence-corrected chi connectivity index (χ2v) is 6.13. The van der Waals surface area contributed by atoms with Gasteiger partial charge in [0.1, 0.15) is 0 Å². The van der Waals surface area contributed by atoms with E-state index in [9.17, 15) is 14.5 Å². The molecule has 24 heavy (non-hydrogen) atoms. The average molecular weight is 329 g/mol. The normalized spacial score (nSPS) is 18.3. The first kappa shape index (κ1) is 16.4. The summed E-state index contributed by atoms with van der Waals surface area (Å²) in [6, 6.07) is 14.1. The van der Waals surface area contributed by atoms with Gasteiger partial charge in [-0.25, -0.2) is 4.39 Å². The topological polar surface area (TPSA) is 58.4 Å². The van der Waals surface area contributed by atoms with E-state index in [4.69, 9.17) is 0 Å². The summed E-state index contributed by atoms with van der Waals surface area (Å²) in [6.07, 6.45) is 2.00. The summed E-state index contributed by atoms with van der Waals surface area (Å²) < 4.78 is 14.0. The van der Waals surface area contributed by atoms with Crippen LogP contribution in [0.5, 0.6) is 0 Å². The van der Waals surface area contributed by atoms with Crippen molar-refractivity contribution in [1.82, 2.24) is 4.90 Å². The maximum atomic E-state index is 14.0. The summed E-state index contributed by atoms with van der Waals surface area (Å²) in [4.78, 5) is 12.4. The van der Waals surface area contributed by atoms with Gasteiger partial charge in [-0.3, -0.25) is 15.0 Å². The van der Waals surface area contributed by atoms with Gasteiger partial charge >= 0.3 is 0 Å². The Kier molecular flexibility index (Phi) is 5.05. The molecule has 126 valence electrons. The van der Waals surface area contributed by atoms with E-state index in [0.29, 0.717) is 5.69 Å². The SMILES string of the molecule is O=[N+]([O-])c1ccc(N[C@H]2CCCN(Cc3ccccc3)C2)c(F)c1. The smallest absolute Gasteiger partial charge is 0.272 e. The molecule has 0 aromatic heterocycles. The number of nitrogens with one attached hydrogen (secondary N) is 1. The highest BCUT2D eigenvalue weighted by molar-refractivity contribution is 5.50. The summed E-state index contributed by atoms with van der Waals surface area (Å²) >= 11 is 0. The second kappa shape index (κ2) is 7.40. The number of benzene rings is 2. The molecule has 2 aromatic rings. The summed E-state index contributed by atoms with van der Waals surface area (Å²) in [7, 11) is 0. The molecule has 5 nitrogen and oxygen atoms in total. The van der Waals surface area contributed by atoms with Crippen LogP contribution < -0.4 is 5.32 Å². The van der Waals surface area contributed by atoms with Gasteiger partial charge in [0.2, 0.25) is 0 Å². The third kappa shape index (κ3) is 4.08. The Morgan fingerprint density at radius 2 is 2.04 bits per heavy atom. The van der Waals surface area contributed by atoms with Crippen molar-refractivity contribution in [2.45, 2.75) is 25.4 Å². The monoisotopic (exact) mass is 329 g/mol. The molecule has 0 radical (unpaired) electrons. The molecular formula is C18H20FN3O2. The van der Waals surface area contributed by atoms with Crippen molar-refractivity contribution in [2.24, 2.45) is 0 Å². The van der Waals surface area contributed by atoms with E-state index in [2.05, 4.69) is 22.3 Å². The van der Waals surface area contributed by atoms with Crippen molar-refractivity contribution in [3.8, 4) is 0 Å². The van der Waals surface area contributed by atoms with Gasteiger partial charge in [-0.2, -0.15) is 0 Å². The Morgan fingerprint density at radius 1 is 1.25 bits per heavy atom. The van der Waals surface area contributed by atoms with Gasteiger partial charge in [-0.15, -0.1) is 0 Å². The zero-order chi connectivity index (χ0) is 16.9. The molecule has 6 heteroatoms. The molecule has 2 aromatic carbocycles. The zero-order valence-corrected chi connectivity index (χ0v) is 13.3. The lowest BCUT2D eigenvalue weighted by Crippen LogP contribution is -2.41. The van der Waals surface area contributed by atoms with Crippen LogP contribution in [0, 0.1) is 15.9 Å². The van der Waals surface area contributed by atoms with E-state index in [0.717, 1.165) is 38.5 Å². The molecule has 3 rings (SSSR count). The number of non-ortho nitro benzene ring substituents is 1. The zero-order valence-electron chi connectivity index (χ0n) is 13.3. The Bertz CT molecular complexity index is 709. The number of halogens is 1. The number of likely N-dealkylation sites (tertiary alicyclic amines) is 1. The lowest BCUT2D eigenvalue weighted by atomic mass is 10.0. The number of piperidine rings is 1. The van der Waals surface area contributed by atoms with Crippen molar-refractivity contribution >= 4 is 11.4 Å². The molecule has 1 aliphatic heterocycles. The largest absolute Gasteiger partial charge is 0.379 e. The second-order valence-electron chi connectivity index (χ2n) is 6.13. The van der Waals surface area contributed by atoms with Gasteiger partial charge in [0.05, 0.1) is 16.7 Å². The first-order chi connectivity index (χ1) is 11.6. The van der Waals surface area contributed by atoms with E-state index in [1.54, 1.807) is 0 Å². The van der Waals surface area contributed by atoms with Crippen LogP contribution in [-0.4, -0.2) is 29.0 Å². The van der Waals surface area contributed by atoms with Gasteiger partial charge in [0.25, 0.3) is 5.69 Å². The minimum atomic E-state index is -0.588. The van der Waals surface area contributed by atoms with E-state index in [-0.39, 0.29) is 11.7 Å². The molecule has 0 aliphatic carbocycles. The van der Waals surface area contributed by atoms with Crippen LogP contribution >= 0.6 is 0 Å². The Hall–Kier alpha value is -2.47. The number of hydrogen-bond acceptors (Lipinski definition) is 4. The van der Waals surface area contributed by atoms with Gasteiger partial charge in [-0.05, 0) is 31.0 Å². The Morgan fingerprint density at radius 3 is 2.75 bits per heavy atom. The molecule has 0 bridgehead atoms. The first-order valence-corrected chi connectivity index (χ1v) is 8.08. The predicted molar refractivity (Wildman–Crippen MR) is 91.4 cm³/mol. The molecule has 1 aliphatic rings. The fourth-order valence-electron chi connectivity index (χ4n) is 3.11. The number of anilines is 1. The Labute approximate surface area is 140 Å². The van der Waals surface area contributed by atoms with Crippen molar-refractivity contribution in [1.29, 1.82) is 0 Å². The van der Waals surface area contributed by atoms with Gasteiger partial charge < -0.3 is 5.32 Å². The van der Waals surface area contributed by atoms with E-state index in [1.807, 2.05) is 18.2 Å². The molecule has 0 saturated carbocycles. The van der Waals surface area contributed by atoms with Crippen LogP contribution in [0.3, 0.4) is 0 Å². The van der Waals surface area contributed by atoms with Gasteiger partial charge in [-0.1, -0.05) is 30.3 Å². The molecule has 1 heterocycles. The number of nitrogens with zero attached hydrogens (tertiary/aromatic N) is 2. The van der Waals surface area contributed by atoms with Crippen LogP contribution in [0.1, 0.15) is 18.4 Å². The van der Waals surface area contributed by atoms with Crippen LogP contribution in [-0.2, 0) is 6.54 Å². The summed E-state index contributed by atoms with van der Waals surface area (Å²) in [6.45, 7) is 2.73. The number of nitro groups is 1. The molecule has 1 atom stereocenters. The lowest BCUT2D eigenvalue weighted by Gasteiger charge is -2.33. The third-order valence-corrected chi connectivity index (χ3v) is 4.28. The molecule has 0 unspecified atom stereocenters. The highest BCUT2D eigenvalue weighted by atomic mass is 19.1. The van der Waals surface area contributed by atoms with Crippen molar-refractivity contribution in [2.75, 3.05) is 18.4 Å². The highest BCUT2D eigenvalue weighted by Crippen LogP contribution is 2.23. The van der Waals surface area contributed by atoms with Crippen molar-refractivity contribution < 1.29 is 9.31 Å². The molecule has 0 spiro atoms. The van der Waals surface area contributed by atoms with Crippen molar-refractivity contribution in [3.63, 3.8) is 0 Å². The van der Waals surface area contributed by atoms with E-state index < -0.39 is 10.7 Å². The minimum Gasteiger partial charge on any atom is -0.379 e. The maximum absolute atomic E-state index is 14.0. The van der Waals surface area contributed by atoms with E-state index in [1.165, 1.54) is 17.7 Å². The van der Waals surface area contributed by atoms with Gasteiger partial charge in [0.15, 0.2) is 5.82 Å². The fourth-order valence-corrected chi connectivity index (χ4v) is 3.11. The molecular weight excluding hydrogens is 309 g/mol. The van der Waals surface area contributed by atoms with E-state index >= 15 is 0 Å². The first-order valence-electron chi connectivity index (χ1n) is 8.08. The molecule has 1 fully saturated rings. The minimum absolute atomic E-state index is 0.137. The number of hydrogen-bond donors (Lipinski definition) is 1. The molecule has 1 saturated heterocycles. The number of rotatable bonds is 5. The van der Waals surface area contributed by atoms with Crippen LogP contribution in [0.25, 0.3) is 0 Å². The maximum Gasteiger partial charge on any atom is 0.272 e.